The first-order valence-corrected chi connectivity index (χ1v) is 11.0. The van der Waals surface area contributed by atoms with Crippen LogP contribution in [0.5, 0.6) is 0 Å². The molecule has 0 aliphatic carbocycles. The predicted molar refractivity (Wildman–Crippen MR) is 108 cm³/mol. The SMILES string of the molecule is COC(=O)c1cnc(N2CCN(S(=O)(=O)c3ccc4ccccc4c3)CC2)s1. The van der Waals surface area contributed by atoms with Crippen molar-refractivity contribution in [1.82, 2.24) is 9.29 Å². The summed E-state index contributed by atoms with van der Waals surface area (Å²) in [7, 11) is -2.22. The van der Waals surface area contributed by atoms with Gasteiger partial charge in [0.1, 0.15) is 4.88 Å². The number of methoxy groups -OCH3 is 1. The number of anilines is 1. The van der Waals surface area contributed by atoms with Crippen LogP contribution in [0.4, 0.5) is 5.13 Å². The zero-order valence-electron chi connectivity index (χ0n) is 15.2. The quantitative estimate of drug-likeness (QED) is 0.607. The van der Waals surface area contributed by atoms with Gasteiger partial charge in [-0.1, -0.05) is 41.7 Å². The fourth-order valence-corrected chi connectivity index (χ4v) is 5.55. The molecular weight excluding hydrogens is 398 g/mol. The van der Waals surface area contributed by atoms with Crippen LogP contribution >= 0.6 is 11.3 Å². The predicted octanol–water partition coefficient (Wildman–Crippen LogP) is 2.59. The maximum absolute atomic E-state index is 13.0. The number of benzene rings is 2. The Balaban J connectivity index is 1.49. The largest absolute Gasteiger partial charge is 0.465 e. The smallest absolute Gasteiger partial charge is 0.349 e. The monoisotopic (exact) mass is 417 g/mol. The van der Waals surface area contributed by atoms with E-state index in [-0.39, 0.29) is 0 Å². The van der Waals surface area contributed by atoms with Crippen molar-refractivity contribution in [3.05, 3.63) is 53.5 Å². The summed E-state index contributed by atoms with van der Waals surface area (Å²) in [5.41, 5.74) is 0. The van der Waals surface area contributed by atoms with Gasteiger partial charge in [0.2, 0.25) is 10.0 Å². The van der Waals surface area contributed by atoms with Crippen molar-refractivity contribution in [1.29, 1.82) is 0 Å². The lowest BCUT2D eigenvalue weighted by atomic mass is 10.1. The molecule has 1 aliphatic heterocycles. The summed E-state index contributed by atoms with van der Waals surface area (Å²) < 4.78 is 32.3. The Morgan fingerprint density at radius 3 is 2.50 bits per heavy atom. The van der Waals surface area contributed by atoms with Crippen LogP contribution in [0.2, 0.25) is 0 Å². The first-order valence-electron chi connectivity index (χ1n) is 8.77. The molecule has 0 saturated carbocycles. The van der Waals surface area contributed by atoms with Crippen LogP contribution in [-0.4, -0.2) is 57.0 Å². The number of aromatic nitrogens is 1. The van der Waals surface area contributed by atoms with Gasteiger partial charge in [-0.25, -0.2) is 18.2 Å². The Morgan fingerprint density at radius 2 is 1.79 bits per heavy atom. The molecule has 146 valence electrons. The molecule has 0 atom stereocenters. The van der Waals surface area contributed by atoms with Crippen LogP contribution in [0.25, 0.3) is 10.8 Å². The van der Waals surface area contributed by atoms with Gasteiger partial charge in [0.15, 0.2) is 5.13 Å². The molecule has 3 aromatic rings. The lowest BCUT2D eigenvalue weighted by Crippen LogP contribution is -2.48. The van der Waals surface area contributed by atoms with E-state index in [0.717, 1.165) is 10.8 Å². The fourth-order valence-electron chi connectivity index (χ4n) is 3.20. The number of carbonyl (C=O) groups is 1. The van der Waals surface area contributed by atoms with Gasteiger partial charge in [-0.2, -0.15) is 4.31 Å². The molecule has 0 amide bonds. The van der Waals surface area contributed by atoms with Crippen LogP contribution in [-0.2, 0) is 14.8 Å². The molecule has 1 saturated heterocycles. The van der Waals surface area contributed by atoms with E-state index in [2.05, 4.69) is 4.98 Å². The van der Waals surface area contributed by atoms with Crippen LogP contribution < -0.4 is 4.90 Å². The van der Waals surface area contributed by atoms with Crippen molar-refractivity contribution in [3.63, 3.8) is 0 Å². The number of carbonyl (C=O) groups excluding carboxylic acids is 1. The number of rotatable bonds is 4. The minimum atomic E-state index is -3.56. The maximum atomic E-state index is 13.0. The van der Waals surface area contributed by atoms with E-state index in [4.69, 9.17) is 4.74 Å². The molecule has 0 spiro atoms. The van der Waals surface area contributed by atoms with Gasteiger partial charge in [0.25, 0.3) is 0 Å². The van der Waals surface area contributed by atoms with Crippen molar-refractivity contribution in [2.24, 2.45) is 0 Å². The van der Waals surface area contributed by atoms with Crippen LogP contribution in [0, 0.1) is 0 Å². The van der Waals surface area contributed by atoms with Gasteiger partial charge in [-0.05, 0) is 22.9 Å². The normalized spacial score (nSPS) is 15.7. The topological polar surface area (TPSA) is 79.8 Å². The summed E-state index contributed by atoms with van der Waals surface area (Å²) in [5, 5.41) is 2.61. The number of nitrogens with zero attached hydrogens (tertiary/aromatic N) is 3. The number of hydrogen-bond acceptors (Lipinski definition) is 7. The van der Waals surface area contributed by atoms with Crippen molar-refractivity contribution in [2.45, 2.75) is 4.90 Å². The summed E-state index contributed by atoms with van der Waals surface area (Å²) >= 11 is 1.25. The zero-order valence-corrected chi connectivity index (χ0v) is 16.9. The first-order chi connectivity index (χ1) is 13.5. The minimum absolute atomic E-state index is 0.307. The Hall–Kier alpha value is -2.49. The Labute approximate surface area is 167 Å². The summed E-state index contributed by atoms with van der Waals surface area (Å²) in [6, 6.07) is 12.9. The third-order valence-electron chi connectivity index (χ3n) is 4.75. The second-order valence-electron chi connectivity index (χ2n) is 6.40. The average Bonchev–Trinajstić information content (AvgIpc) is 3.23. The highest BCUT2D eigenvalue weighted by Crippen LogP contribution is 2.27. The molecule has 9 heteroatoms. The number of fused-ring (bicyclic) bond motifs is 1. The van der Waals surface area contributed by atoms with Crippen molar-refractivity contribution in [2.75, 3.05) is 38.2 Å². The van der Waals surface area contributed by atoms with E-state index in [1.54, 1.807) is 12.1 Å². The van der Waals surface area contributed by atoms with Gasteiger partial charge < -0.3 is 9.64 Å². The molecule has 0 bridgehead atoms. The Kier molecular flexibility index (Phi) is 5.05. The van der Waals surface area contributed by atoms with E-state index in [9.17, 15) is 13.2 Å². The molecule has 4 rings (SSSR count). The number of ether oxygens (including phenoxy) is 1. The van der Waals surface area contributed by atoms with E-state index < -0.39 is 16.0 Å². The molecule has 0 unspecified atom stereocenters. The molecule has 2 aromatic carbocycles. The lowest BCUT2D eigenvalue weighted by molar-refractivity contribution is 0.0606. The second kappa shape index (κ2) is 7.50. The zero-order chi connectivity index (χ0) is 19.7. The number of piperazine rings is 1. The molecule has 1 aromatic heterocycles. The number of esters is 1. The second-order valence-corrected chi connectivity index (χ2v) is 9.35. The van der Waals surface area contributed by atoms with Gasteiger partial charge in [0.05, 0.1) is 18.2 Å². The molecule has 7 nitrogen and oxygen atoms in total. The highest BCUT2D eigenvalue weighted by molar-refractivity contribution is 7.89. The molecule has 1 aliphatic rings. The van der Waals surface area contributed by atoms with Gasteiger partial charge >= 0.3 is 5.97 Å². The van der Waals surface area contributed by atoms with Gasteiger partial charge in [-0.3, -0.25) is 0 Å². The molecule has 28 heavy (non-hydrogen) atoms. The Morgan fingerprint density at radius 1 is 1.07 bits per heavy atom. The van der Waals surface area contributed by atoms with Gasteiger partial charge in [-0.15, -0.1) is 0 Å². The number of thiazole rings is 1. The average molecular weight is 418 g/mol. The molecular formula is C19H19N3O4S2. The minimum Gasteiger partial charge on any atom is -0.465 e. The van der Waals surface area contributed by atoms with Crippen LogP contribution in [0.1, 0.15) is 9.67 Å². The lowest BCUT2D eigenvalue weighted by Gasteiger charge is -2.33. The third-order valence-corrected chi connectivity index (χ3v) is 7.68. The summed E-state index contributed by atoms with van der Waals surface area (Å²) in [5.74, 6) is -0.415. The van der Waals surface area contributed by atoms with Crippen molar-refractivity contribution in [3.8, 4) is 0 Å². The Bertz CT molecular complexity index is 1120. The molecule has 0 radical (unpaired) electrons. The van der Waals surface area contributed by atoms with Crippen LogP contribution in [0.15, 0.2) is 53.6 Å². The van der Waals surface area contributed by atoms with E-state index in [0.29, 0.717) is 41.1 Å². The van der Waals surface area contributed by atoms with E-state index in [1.165, 1.54) is 28.9 Å². The fraction of sp³-hybridized carbons (Fsp3) is 0.263. The summed E-state index contributed by atoms with van der Waals surface area (Å²) in [6.07, 6.45) is 1.49. The number of hydrogen-bond donors (Lipinski definition) is 0. The van der Waals surface area contributed by atoms with Gasteiger partial charge in [0, 0.05) is 26.2 Å². The molecule has 0 N–H and O–H groups in total. The molecule has 2 heterocycles. The summed E-state index contributed by atoms with van der Waals surface area (Å²) in [6.45, 7) is 1.76. The first kappa shape index (κ1) is 18.9. The van der Waals surface area contributed by atoms with E-state index >= 15 is 0 Å². The molecule has 1 fully saturated rings. The standard InChI is InChI=1S/C19H19N3O4S2/c1-26-18(23)17-13-20-19(27-17)21-8-10-22(11-9-21)28(24,25)16-7-6-14-4-2-3-5-15(14)12-16/h2-7,12-13H,8-11H2,1H3. The third kappa shape index (κ3) is 3.48. The van der Waals surface area contributed by atoms with Crippen LogP contribution in [0.3, 0.4) is 0 Å². The summed E-state index contributed by atoms with van der Waals surface area (Å²) in [4.78, 5) is 18.6. The van der Waals surface area contributed by atoms with Crippen molar-refractivity contribution < 1.29 is 17.9 Å². The number of sulfonamides is 1. The highest BCUT2D eigenvalue weighted by atomic mass is 32.2. The van der Waals surface area contributed by atoms with Crippen molar-refractivity contribution >= 4 is 43.2 Å². The highest BCUT2D eigenvalue weighted by Gasteiger charge is 2.29. The van der Waals surface area contributed by atoms with E-state index in [1.807, 2.05) is 35.2 Å². The maximum Gasteiger partial charge on any atom is 0.349 e.